The first-order valence-electron chi connectivity index (χ1n) is 4.76. The van der Waals surface area contributed by atoms with Crippen LogP contribution in [0.25, 0.3) is 0 Å². The Hall–Kier alpha value is -1.08. The molecule has 3 nitrogen and oxygen atoms in total. The lowest BCUT2D eigenvalue weighted by molar-refractivity contribution is -0.198. The number of hydrogen-bond donors (Lipinski definition) is 0. The van der Waals surface area contributed by atoms with Crippen molar-refractivity contribution >= 4 is 20.0 Å². The normalized spacial score (nSPS) is 30.9. The average Bonchev–Trinajstić information content (AvgIpc) is 2.27. The summed E-state index contributed by atoms with van der Waals surface area (Å²) in [4.78, 5) is -2.59. The highest BCUT2D eigenvalue weighted by atomic mass is 32.5. The van der Waals surface area contributed by atoms with Crippen molar-refractivity contribution in [3.63, 3.8) is 0 Å². The van der Waals surface area contributed by atoms with E-state index >= 15 is 0 Å². The maximum atomic E-state index is 13.7. The van der Waals surface area contributed by atoms with Crippen LogP contribution in [0.1, 0.15) is 0 Å². The molecule has 13 heteroatoms. The molecule has 0 N–H and O–H groups in total. The van der Waals surface area contributed by atoms with Gasteiger partial charge in [-0.1, -0.05) is 0 Å². The molecule has 122 valence electrons. The van der Waals surface area contributed by atoms with E-state index in [1.807, 2.05) is 0 Å². The van der Waals surface area contributed by atoms with Gasteiger partial charge in [0.25, 0.3) is 0 Å². The summed E-state index contributed by atoms with van der Waals surface area (Å²) in [6.07, 6.45) is 0. The molecule has 1 saturated heterocycles. The largest absolute Gasteiger partial charge is 0.445 e. The second kappa shape index (κ2) is 3.30. The lowest BCUT2D eigenvalue weighted by Crippen LogP contribution is -2.69. The topological polar surface area (TPSA) is 43.4 Å². The fourth-order valence-electron chi connectivity index (χ4n) is 1.52. The van der Waals surface area contributed by atoms with Crippen LogP contribution in [0.2, 0.25) is 0 Å². The molecule has 1 aliphatic heterocycles. The van der Waals surface area contributed by atoms with Crippen LogP contribution in [-0.2, 0) is 14.3 Å². The molecule has 1 aromatic carbocycles. The summed E-state index contributed by atoms with van der Waals surface area (Å²) in [7, 11) is -16.9. The minimum Gasteiger partial charge on any atom is -0.207 e. The van der Waals surface area contributed by atoms with E-state index < -0.39 is 41.1 Å². The van der Waals surface area contributed by atoms with Crippen molar-refractivity contribution in [2.75, 3.05) is 0 Å². The summed E-state index contributed by atoms with van der Waals surface area (Å²) in [6.45, 7) is 0. The van der Waals surface area contributed by atoms with E-state index in [-0.39, 0.29) is 24.3 Å². The highest BCUT2D eigenvalue weighted by Gasteiger charge is 3.00. The summed E-state index contributed by atoms with van der Waals surface area (Å²) in [5.74, 6) is -1.28. The standard InChI is InChI=1S/C8H4F8O3S2/c9-5-1-3-6(4-2-5)21(13,14,15,16)8(12)7(10,11)20(17,18)19-8/h1-4H. The van der Waals surface area contributed by atoms with Gasteiger partial charge in [-0.25, -0.2) is 8.57 Å². The molecule has 1 aromatic rings. The van der Waals surface area contributed by atoms with E-state index in [0.717, 1.165) is 0 Å². The van der Waals surface area contributed by atoms with Crippen LogP contribution in [0.3, 0.4) is 0 Å². The van der Waals surface area contributed by atoms with E-state index in [9.17, 15) is 41.5 Å². The SMILES string of the molecule is O=S1(=O)OC(F)(S(F)(F)(F)(F)c2ccc(F)cc2)C1(F)F. The van der Waals surface area contributed by atoms with E-state index in [1.165, 1.54) is 0 Å². The molecule has 0 aromatic heterocycles. The zero-order chi connectivity index (χ0) is 16.6. The first-order chi connectivity index (χ1) is 8.99. The van der Waals surface area contributed by atoms with Crippen molar-refractivity contribution in [1.82, 2.24) is 0 Å². The van der Waals surface area contributed by atoms with Crippen molar-refractivity contribution in [2.45, 2.75) is 15.3 Å². The van der Waals surface area contributed by atoms with Crippen LogP contribution in [-0.4, -0.2) is 18.9 Å². The Labute approximate surface area is 112 Å². The van der Waals surface area contributed by atoms with Crippen molar-refractivity contribution in [2.24, 2.45) is 0 Å². The molecule has 2 rings (SSSR count). The minimum absolute atomic E-state index is 0.0440. The predicted octanol–water partition coefficient (Wildman–Crippen LogP) is 4.17. The van der Waals surface area contributed by atoms with Crippen LogP contribution in [0, 0.1) is 5.82 Å². The molecule has 0 bridgehead atoms. The molecule has 0 spiro atoms. The van der Waals surface area contributed by atoms with E-state index in [1.54, 1.807) is 0 Å². The summed E-state index contributed by atoms with van der Waals surface area (Å²) in [5.41, 5.74) is 0. The highest BCUT2D eigenvalue weighted by molar-refractivity contribution is 8.51. The van der Waals surface area contributed by atoms with Gasteiger partial charge < -0.3 is 0 Å². The molecule has 0 saturated carbocycles. The third-order valence-corrected chi connectivity index (χ3v) is 6.89. The predicted molar refractivity (Wildman–Crippen MR) is 55.5 cm³/mol. The van der Waals surface area contributed by atoms with E-state index in [0.29, 0.717) is 0 Å². The number of halogens is 8. The van der Waals surface area contributed by atoms with Gasteiger partial charge in [0.2, 0.25) is 9.84 Å². The van der Waals surface area contributed by atoms with Crippen LogP contribution in [0.4, 0.5) is 33.1 Å². The Kier molecular flexibility index (Phi) is 2.56. The Morgan fingerprint density at radius 2 is 1.38 bits per heavy atom. The number of rotatable bonds is 2. The highest BCUT2D eigenvalue weighted by Crippen LogP contribution is 3.09. The van der Waals surface area contributed by atoms with Gasteiger partial charge in [-0.3, -0.25) is 0 Å². The van der Waals surface area contributed by atoms with Crippen molar-refractivity contribution in [3.8, 4) is 0 Å². The van der Waals surface area contributed by atoms with Gasteiger partial charge in [0.05, 0.1) is 4.90 Å². The zero-order valence-electron chi connectivity index (χ0n) is 9.37. The second-order valence-corrected chi connectivity index (χ2v) is 8.84. The molecular formula is C8H4F8O3S2. The molecule has 1 unspecified atom stereocenters. The summed E-state index contributed by atoms with van der Waals surface area (Å²) in [5, 5.41) is -12.5. The lowest BCUT2D eigenvalue weighted by Gasteiger charge is -2.60. The number of benzene rings is 1. The van der Waals surface area contributed by atoms with Crippen LogP contribution in [0.15, 0.2) is 29.2 Å². The van der Waals surface area contributed by atoms with Crippen molar-refractivity contribution in [1.29, 1.82) is 0 Å². The quantitative estimate of drug-likeness (QED) is 0.584. The number of alkyl halides is 3. The molecule has 21 heavy (non-hydrogen) atoms. The van der Waals surface area contributed by atoms with Crippen LogP contribution in [0.5, 0.6) is 0 Å². The smallest absolute Gasteiger partial charge is 0.207 e. The van der Waals surface area contributed by atoms with E-state index in [2.05, 4.69) is 4.18 Å². The van der Waals surface area contributed by atoms with Gasteiger partial charge in [0.1, 0.15) is 5.82 Å². The molecular weight excluding hydrogens is 360 g/mol. The van der Waals surface area contributed by atoms with Gasteiger partial charge >= 0.3 is 20.6 Å². The maximum Gasteiger partial charge on any atom is 0.445 e. The van der Waals surface area contributed by atoms with Crippen LogP contribution >= 0.6 is 9.84 Å². The third-order valence-electron chi connectivity index (χ3n) is 2.69. The monoisotopic (exact) mass is 364 g/mol. The Bertz CT molecular complexity index is 722. The first kappa shape index (κ1) is 16.3. The van der Waals surface area contributed by atoms with Crippen LogP contribution < -0.4 is 0 Å². The average molecular weight is 364 g/mol. The fourth-order valence-corrected chi connectivity index (χ4v) is 5.33. The Morgan fingerprint density at radius 3 is 1.71 bits per heavy atom. The van der Waals surface area contributed by atoms with Gasteiger partial charge in [0, 0.05) is 0 Å². The summed E-state index contributed by atoms with van der Waals surface area (Å²) >= 11 is 0. The molecule has 0 aliphatic carbocycles. The van der Waals surface area contributed by atoms with Gasteiger partial charge in [-0.15, -0.1) is 15.5 Å². The Morgan fingerprint density at radius 1 is 0.952 bits per heavy atom. The molecule has 1 aliphatic rings. The van der Waals surface area contributed by atoms with Crippen molar-refractivity contribution < 1.29 is 45.7 Å². The lowest BCUT2D eigenvalue weighted by atomic mass is 10.4. The molecule has 1 atom stereocenters. The van der Waals surface area contributed by atoms with Gasteiger partial charge in [-0.05, 0) is 24.3 Å². The number of hydrogen-bond acceptors (Lipinski definition) is 3. The molecule has 0 amide bonds. The summed E-state index contributed by atoms with van der Waals surface area (Å²) < 4.78 is 131. The second-order valence-electron chi connectivity index (χ2n) is 4.11. The zero-order valence-corrected chi connectivity index (χ0v) is 11.0. The first-order valence-corrected chi connectivity index (χ1v) is 8.22. The van der Waals surface area contributed by atoms with E-state index in [4.69, 9.17) is 0 Å². The van der Waals surface area contributed by atoms with Gasteiger partial charge in [0.15, 0.2) is 0 Å². The maximum absolute atomic E-state index is 13.7. The molecule has 1 fully saturated rings. The fraction of sp³-hybridized carbons (Fsp3) is 0.250. The molecule has 1 heterocycles. The Balaban J connectivity index is 2.77. The van der Waals surface area contributed by atoms with Crippen molar-refractivity contribution in [3.05, 3.63) is 30.1 Å². The minimum atomic E-state index is -10.6. The summed E-state index contributed by atoms with van der Waals surface area (Å²) in [6, 6.07) is -0.574. The molecule has 0 radical (unpaired) electrons. The van der Waals surface area contributed by atoms with Gasteiger partial charge in [-0.2, -0.15) is 21.6 Å². The third kappa shape index (κ3) is 1.61.